The van der Waals surface area contributed by atoms with Crippen LogP contribution in [0.3, 0.4) is 0 Å². The van der Waals surface area contributed by atoms with Crippen LogP contribution in [0.25, 0.3) is 10.9 Å². The summed E-state index contributed by atoms with van der Waals surface area (Å²) in [7, 11) is -3.72. The molecular weight excluding hydrogens is 477 g/mol. The van der Waals surface area contributed by atoms with Crippen LogP contribution in [0.4, 0.5) is 13.2 Å². The number of hydrogen-bond donors (Lipinski definition) is 2. The average molecular weight is 501 g/mol. The first-order valence-corrected chi connectivity index (χ1v) is 12.4. The van der Waals surface area contributed by atoms with E-state index >= 15 is 0 Å². The number of halogens is 3. The second-order valence-corrected chi connectivity index (χ2v) is 10.2. The molecule has 1 heterocycles. The summed E-state index contributed by atoms with van der Waals surface area (Å²) in [6.07, 6.45) is -4.36. The molecule has 5 nitrogen and oxygen atoms in total. The highest BCUT2D eigenvalue weighted by atomic mass is 32.2. The lowest BCUT2D eigenvalue weighted by atomic mass is 10.0. The topological polar surface area (TPSA) is 79.0 Å². The number of aromatic nitrogens is 1. The van der Waals surface area contributed by atoms with Gasteiger partial charge in [-0.05, 0) is 53.3 Å². The third kappa shape index (κ3) is 5.80. The maximum absolute atomic E-state index is 13.4. The summed E-state index contributed by atoms with van der Waals surface area (Å²) in [5, 5.41) is -0.0921. The molecule has 1 aromatic heterocycles. The van der Waals surface area contributed by atoms with Gasteiger partial charge in [0.1, 0.15) is 0 Å². The Kier molecular flexibility index (Phi) is 6.82. The van der Waals surface area contributed by atoms with E-state index in [9.17, 15) is 26.4 Å². The van der Waals surface area contributed by atoms with Gasteiger partial charge in [0.2, 0.25) is 15.6 Å². The zero-order valence-electron chi connectivity index (χ0n) is 18.8. The van der Waals surface area contributed by atoms with Crippen molar-refractivity contribution in [3.8, 4) is 0 Å². The van der Waals surface area contributed by atoms with Gasteiger partial charge in [-0.15, -0.1) is 0 Å². The van der Waals surface area contributed by atoms with E-state index in [1.165, 1.54) is 24.3 Å². The molecule has 0 fully saturated rings. The van der Waals surface area contributed by atoms with Crippen molar-refractivity contribution in [2.45, 2.75) is 30.3 Å². The molecule has 0 spiro atoms. The Morgan fingerprint density at radius 2 is 1.57 bits per heavy atom. The smallest absolute Gasteiger partial charge is 0.322 e. The maximum Gasteiger partial charge on any atom is 0.417 e. The van der Waals surface area contributed by atoms with Crippen molar-refractivity contribution in [2.75, 3.05) is 6.54 Å². The summed E-state index contributed by atoms with van der Waals surface area (Å²) < 4.78 is 68.2. The number of pyridine rings is 1. The van der Waals surface area contributed by atoms with Gasteiger partial charge in [0.15, 0.2) is 0 Å². The minimum atomic E-state index is -4.66. The minimum absolute atomic E-state index is 0.00493. The SMILES string of the molecule is CC(CNS(=O)(=O)c1ccc(Cc2ccc3[nH]c(=O)cc(C(F)(F)F)c3c2)cc1)c1ccccc1. The van der Waals surface area contributed by atoms with Crippen LogP contribution in [0.15, 0.2) is 88.6 Å². The average Bonchev–Trinajstić information content (AvgIpc) is 2.82. The summed E-state index contributed by atoms with van der Waals surface area (Å²) in [5.74, 6) is -0.00493. The largest absolute Gasteiger partial charge is 0.417 e. The van der Waals surface area contributed by atoms with E-state index in [4.69, 9.17) is 0 Å². The Hall–Kier alpha value is -3.43. The lowest BCUT2D eigenvalue weighted by molar-refractivity contribution is -0.136. The normalized spacial score (nSPS) is 13.1. The first-order valence-electron chi connectivity index (χ1n) is 10.9. The summed E-state index contributed by atoms with van der Waals surface area (Å²) in [6, 6.07) is 20.8. The fraction of sp³-hybridized carbons (Fsp3) is 0.192. The third-order valence-electron chi connectivity index (χ3n) is 5.80. The van der Waals surface area contributed by atoms with Crippen molar-refractivity contribution in [1.82, 2.24) is 9.71 Å². The zero-order chi connectivity index (χ0) is 25.2. The predicted molar refractivity (Wildman–Crippen MR) is 129 cm³/mol. The van der Waals surface area contributed by atoms with E-state index in [0.29, 0.717) is 18.1 Å². The molecule has 2 N–H and O–H groups in total. The minimum Gasteiger partial charge on any atom is -0.322 e. The second-order valence-electron chi connectivity index (χ2n) is 8.41. The van der Waals surface area contributed by atoms with Crippen LogP contribution in [0.2, 0.25) is 0 Å². The molecule has 182 valence electrons. The number of fused-ring (bicyclic) bond motifs is 1. The summed E-state index contributed by atoms with van der Waals surface area (Å²) >= 11 is 0. The molecule has 1 atom stereocenters. The molecule has 3 aromatic carbocycles. The van der Waals surface area contributed by atoms with Crippen LogP contribution < -0.4 is 10.3 Å². The molecule has 0 radical (unpaired) electrons. The standard InChI is InChI=1S/C26H23F3N2O3S/c1-17(20-5-3-2-4-6-20)16-30-35(33,34)21-10-7-18(8-11-21)13-19-9-12-24-22(14-19)23(26(27,28)29)15-25(32)31-24/h2-12,14-15,17,30H,13,16H2,1H3,(H,31,32). The van der Waals surface area contributed by atoms with Gasteiger partial charge in [0.25, 0.3) is 0 Å². The van der Waals surface area contributed by atoms with Crippen molar-refractivity contribution in [1.29, 1.82) is 0 Å². The number of aromatic amines is 1. The van der Waals surface area contributed by atoms with E-state index in [2.05, 4.69) is 9.71 Å². The molecular formula is C26H23F3N2O3S. The van der Waals surface area contributed by atoms with Crippen molar-refractivity contribution in [2.24, 2.45) is 0 Å². The van der Waals surface area contributed by atoms with Gasteiger partial charge in [-0.3, -0.25) is 4.79 Å². The number of benzene rings is 3. The van der Waals surface area contributed by atoms with Crippen LogP contribution in [-0.4, -0.2) is 19.9 Å². The Bertz CT molecular complexity index is 1500. The van der Waals surface area contributed by atoms with Crippen molar-refractivity contribution < 1.29 is 21.6 Å². The molecule has 4 rings (SSSR count). The Morgan fingerprint density at radius 3 is 2.23 bits per heavy atom. The number of rotatable bonds is 7. The number of H-pyrrole nitrogens is 1. The van der Waals surface area contributed by atoms with Crippen LogP contribution in [0, 0.1) is 0 Å². The molecule has 0 amide bonds. The van der Waals surface area contributed by atoms with E-state index < -0.39 is 27.3 Å². The van der Waals surface area contributed by atoms with Gasteiger partial charge < -0.3 is 4.98 Å². The zero-order valence-corrected chi connectivity index (χ0v) is 19.6. The van der Waals surface area contributed by atoms with Crippen LogP contribution in [0.5, 0.6) is 0 Å². The maximum atomic E-state index is 13.4. The van der Waals surface area contributed by atoms with E-state index in [0.717, 1.165) is 11.1 Å². The Morgan fingerprint density at radius 1 is 0.914 bits per heavy atom. The highest BCUT2D eigenvalue weighted by Gasteiger charge is 2.33. The molecule has 0 saturated heterocycles. The molecule has 0 aliphatic carbocycles. The van der Waals surface area contributed by atoms with Gasteiger partial charge >= 0.3 is 6.18 Å². The lowest BCUT2D eigenvalue weighted by Gasteiger charge is -2.14. The van der Waals surface area contributed by atoms with Crippen LogP contribution in [-0.2, 0) is 22.6 Å². The van der Waals surface area contributed by atoms with E-state index in [1.54, 1.807) is 18.2 Å². The number of sulfonamides is 1. The van der Waals surface area contributed by atoms with Crippen LogP contribution in [0.1, 0.15) is 35.1 Å². The van der Waals surface area contributed by atoms with Gasteiger partial charge in [-0.2, -0.15) is 13.2 Å². The monoisotopic (exact) mass is 500 g/mol. The quantitative estimate of drug-likeness (QED) is 0.365. The highest BCUT2D eigenvalue weighted by Crippen LogP contribution is 2.33. The number of hydrogen-bond acceptors (Lipinski definition) is 3. The van der Waals surface area contributed by atoms with Crippen molar-refractivity contribution >= 4 is 20.9 Å². The second kappa shape index (κ2) is 9.67. The molecule has 35 heavy (non-hydrogen) atoms. The molecule has 9 heteroatoms. The molecule has 0 bridgehead atoms. The van der Waals surface area contributed by atoms with Gasteiger partial charge in [-0.1, -0.05) is 55.5 Å². The summed E-state index contributed by atoms with van der Waals surface area (Å²) in [4.78, 5) is 14.1. The van der Waals surface area contributed by atoms with Gasteiger partial charge in [0.05, 0.1) is 10.5 Å². The van der Waals surface area contributed by atoms with E-state index in [1.807, 2.05) is 37.3 Å². The molecule has 0 saturated carbocycles. The van der Waals surface area contributed by atoms with Gasteiger partial charge in [-0.25, -0.2) is 13.1 Å². The first-order chi connectivity index (χ1) is 16.5. The van der Waals surface area contributed by atoms with E-state index in [-0.39, 0.29) is 28.3 Å². The fourth-order valence-corrected chi connectivity index (χ4v) is 5.02. The van der Waals surface area contributed by atoms with Gasteiger partial charge in [0, 0.05) is 23.5 Å². The molecule has 0 aliphatic heterocycles. The summed E-state index contributed by atoms with van der Waals surface area (Å²) in [6.45, 7) is 2.18. The molecule has 4 aromatic rings. The Labute approximate surface area is 200 Å². The number of nitrogens with one attached hydrogen (secondary N) is 2. The first kappa shape index (κ1) is 24.7. The lowest BCUT2D eigenvalue weighted by Crippen LogP contribution is -2.27. The fourth-order valence-electron chi connectivity index (χ4n) is 3.89. The van der Waals surface area contributed by atoms with Crippen LogP contribution >= 0.6 is 0 Å². The molecule has 0 aliphatic rings. The highest BCUT2D eigenvalue weighted by molar-refractivity contribution is 7.89. The Balaban J connectivity index is 1.50. The third-order valence-corrected chi connectivity index (χ3v) is 7.24. The van der Waals surface area contributed by atoms with Crippen molar-refractivity contribution in [3.05, 3.63) is 111 Å². The molecule has 1 unspecified atom stereocenters. The van der Waals surface area contributed by atoms with Crippen molar-refractivity contribution in [3.63, 3.8) is 0 Å². The summed E-state index contributed by atoms with van der Waals surface area (Å²) in [5.41, 5.74) is 0.653. The number of alkyl halides is 3. The predicted octanol–water partition coefficient (Wildman–Crippen LogP) is 5.22.